The van der Waals surface area contributed by atoms with Crippen LogP contribution in [0.1, 0.15) is 5.56 Å². The highest BCUT2D eigenvalue weighted by molar-refractivity contribution is 7.86. The minimum atomic E-state index is -6.09. The van der Waals surface area contributed by atoms with E-state index in [2.05, 4.69) is 0 Å². The summed E-state index contributed by atoms with van der Waals surface area (Å²) in [5.74, 6) is 0. The molecule has 0 bridgehead atoms. The molecule has 5 nitrogen and oxygen atoms in total. The highest BCUT2D eigenvalue weighted by Crippen LogP contribution is 2.20. The molecule has 26 heavy (non-hydrogen) atoms. The number of halogens is 4. The van der Waals surface area contributed by atoms with Crippen LogP contribution in [0.4, 0.5) is 17.1 Å². The molecule has 0 amide bonds. The van der Waals surface area contributed by atoms with Crippen molar-refractivity contribution in [1.82, 2.24) is 0 Å². The zero-order valence-corrected chi connectivity index (χ0v) is 15.0. The third-order valence-corrected chi connectivity index (χ3v) is 5.32. The lowest BCUT2D eigenvalue weighted by Gasteiger charge is -2.08. The van der Waals surface area contributed by atoms with Crippen LogP contribution in [0.3, 0.4) is 0 Å². The number of rotatable bonds is 3. The number of nitrogens with zero attached hydrogens (tertiary/aromatic N) is 1. The summed E-state index contributed by atoms with van der Waals surface area (Å²) in [6.45, 7) is 0.311. The molecule has 1 atom stereocenters. The van der Waals surface area contributed by atoms with Gasteiger partial charge in [-0.15, -0.1) is 0 Å². The first kappa shape index (κ1) is 22.1. The fourth-order valence-electron chi connectivity index (χ4n) is 1.69. The van der Waals surface area contributed by atoms with Crippen LogP contribution in [0.25, 0.3) is 0 Å². The van der Waals surface area contributed by atoms with E-state index in [1.165, 1.54) is 11.0 Å². The van der Waals surface area contributed by atoms with E-state index in [1.54, 1.807) is 30.3 Å². The summed E-state index contributed by atoms with van der Waals surface area (Å²) in [7, 11) is -8.21. The van der Waals surface area contributed by atoms with Gasteiger partial charge in [0.25, 0.3) is 0 Å². The zero-order valence-electron chi connectivity index (χ0n) is 13.4. The molecular formula is C15H15F4NO4S2. The molecule has 0 aromatic heterocycles. The summed E-state index contributed by atoms with van der Waals surface area (Å²) >= 11 is 0. The summed E-state index contributed by atoms with van der Waals surface area (Å²) in [6.07, 6.45) is 0. The van der Waals surface area contributed by atoms with Gasteiger partial charge in [-0.1, -0.05) is 52.4 Å². The second-order valence-corrected chi connectivity index (χ2v) is 8.33. The van der Waals surface area contributed by atoms with Gasteiger partial charge in [0, 0.05) is 5.56 Å². The lowest BCUT2D eigenvalue weighted by molar-refractivity contribution is -0.494. The van der Waals surface area contributed by atoms with Gasteiger partial charge in [0.05, 0.1) is 0 Å². The Labute approximate surface area is 149 Å². The van der Waals surface area contributed by atoms with Crippen LogP contribution >= 0.6 is 0 Å². The molecule has 11 heteroatoms. The summed E-state index contributed by atoms with van der Waals surface area (Å²) in [5.41, 5.74) is -4.71. The van der Waals surface area contributed by atoms with Gasteiger partial charge < -0.3 is 4.55 Å². The molecule has 2 aromatic rings. The van der Waals surface area contributed by atoms with E-state index in [4.69, 9.17) is 13.0 Å². The maximum Gasteiger partial charge on any atom is 0.485 e. The molecule has 0 spiro atoms. The van der Waals surface area contributed by atoms with Crippen LogP contribution < -0.4 is 0 Å². The van der Waals surface area contributed by atoms with Crippen molar-refractivity contribution in [3.05, 3.63) is 66.2 Å². The fraction of sp³-hybridized carbons (Fsp3) is 0.200. The van der Waals surface area contributed by atoms with Crippen molar-refractivity contribution in [3.63, 3.8) is 0 Å². The number of alkyl halides is 3. The standard InChI is InChI=1S/C14H15FNOS.CHF3O3S/c1-16(12-13-8-4-2-5-9-13)18(15,17)14-10-6-3-7-11-14;2-1(3,4)8(5,6)7/h2-11H,12H2,1H3;(H,5,6,7)/q+1;/p-1. The Hall–Kier alpha value is -1.98. The lowest BCUT2D eigenvalue weighted by Crippen LogP contribution is -2.21. The highest BCUT2D eigenvalue weighted by atomic mass is 32.3. The molecule has 1 unspecified atom stereocenters. The smallest absolute Gasteiger partial charge is 0.485 e. The minimum absolute atomic E-state index is 0.212. The van der Waals surface area contributed by atoms with Gasteiger partial charge in [0.15, 0.2) is 16.7 Å². The van der Waals surface area contributed by atoms with E-state index in [9.17, 15) is 21.3 Å². The Balaban J connectivity index is 0.000000359. The van der Waals surface area contributed by atoms with Gasteiger partial charge >= 0.3 is 15.6 Å². The summed E-state index contributed by atoms with van der Waals surface area (Å²) in [6, 6.07) is 17.7. The molecular weight excluding hydrogens is 398 g/mol. The molecule has 2 rings (SSSR count). The number of benzene rings is 2. The van der Waals surface area contributed by atoms with Crippen molar-refractivity contribution >= 4 is 20.2 Å². The van der Waals surface area contributed by atoms with Crippen molar-refractivity contribution in [3.8, 4) is 0 Å². The maximum absolute atomic E-state index is 14.4. The van der Waals surface area contributed by atoms with Gasteiger partial charge in [-0.3, -0.25) is 0 Å². The SMILES string of the molecule is C[N+](Cc1ccccc1)=S(=O)(F)c1ccccc1.O=S(=O)([O-])C(F)(F)F. The minimum Gasteiger partial charge on any atom is -0.741 e. The molecule has 0 saturated carbocycles. The van der Waals surface area contributed by atoms with Crippen molar-refractivity contribution in [2.45, 2.75) is 16.9 Å². The van der Waals surface area contributed by atoms with Crippen LogP contribution in [0.2, 0.25) is 0 Å². The Morgan fingerprint density at radius 2 is 1.31 bits per heavy atom. The van der Waals surface area contributed by atoms with E-state index in [-0.39, 0.29) is 4.90 Å². The average molecular weight is 413 g/mol. The van der Waals surface area contributed by atoms with E-state index >= 15 is 0 Å². The first-order valence-corrected chi connectivity index (χ1v) is 9.74. The summed E-state index contributed by atoms with van der Waals surface area (Å²) in [5, 5.41) is 0. The monoisotopic (exact) mass is 413 g/mol. The van der Waals surface area contributed by atoms with Crippen LogP contribution in [0, 0.1) is 0 Å². The molecule has 2 aromatic carbocycles. The second-order valence-electron chi connectivity index (χ2n) is 4.94. The Morgan fingerprint density at radius 3 is 1.69 bits per heavy atom. The normalized spacial score (nSPS) is 13.9. The average Bonchev–Trinajstić information content (AvgIpc) is 2.55. The largest absolute Gasteiger partial charge is 0.741 e. The van der Waals surface area contributed by atoms with E-state index in [0.717, 1.165) is 5.56 Å². The Morgan fingerprint density at radius 1 is 0.923 bits per heavy atom. The molecule has 0 fully saturated rings. The van der Waals surface area contributed by atoms with Crippen LogP contribution in [-0.4, -0.2) is 33.7 Å². The lowest BCUT2D eigenvalue weighted by atomic mass is 10.2. The number of hydrogen-bond acceptors (Lipinski definition) is 4. The van der Waals surface area contributed by atoms with Crippen LogP contribution in [0.5, 0.6) is 0 Å². The quantitative estimate of drug-likeness (QED) is 0.254. The van der Waals surface area contributed by atoms with Crippen molar-refractivity contribution in [1.29, 1.82) is 0 Å². The fourth-order valence-corrected chi connectivity index (χ4v) is 2.86. The first-order chi connectivity index (χ1) is 11.9. The molecule has 0 saturated heterocycles. The molecule has 0 aliphatic carbocycles. The van der Waals surface area contributed by atoms with Gasteiger partial charge in [-0.25, -0.2) is 8.42 Å². The molecule has 0 heterocycles. The van der Waals surface area contributed by atoms with Gasteiger partial charge in [0.2, 0.25) is 0 Å². The van der Waals surface area contributed by atoms with E-state index in [1.807, 2.05) is 30.3 Å². The van der Waals surface area contributed by atoms with E-state index < -0.39 is 25.7 Å². The molecule has 144 valence electrons. The summed E-state index contributed by atoms with van der Waals surface area (Å²) in [4.78, 5) is 0.212. The van der Waals surface area contributed by atoms with Gasteiger partial charge in [-0.2, -0.15) is 21.3 Å². The topological polar surface area (TPSA) is 77.3 Å². The third-order valence-electron chi connectivity index (χ3n) is 2.97. The second kappa shape index (κ2) is 8.60. The predicted octanol–water partition coefficient (Wildman–Crippen LogP) is 3.29. The Bertz CT molecular complexity index is 937. The van der Waals surface area contributed by atoms with E-state index in [0.29, 0.717) is 6.54 Å². The predicted molar refractivity (Wildman–Crippen MR) is 86.0 cm³/mol. The molecule has 0 radical (unpaired) electrons. The molecule has 0 aliphatic heterocycles. The van der Waals surface area contributed by atoms with Gasteiger partial charge in [-0.05, 0) is 12.1 Å². The zero-order chi connectivity index (χ0) is 20.0. The molecule has 0 N–H and O–H groups in total. The van der Waals surface area contributed by atoms with Crippen LogP contribution in [-0.2, 0) is 26.8 Å². The number of hydrogen-bond donors (Lipinski definition) is 0. The van der Waals surface area contributed by atoms with Crippen molar-refractivity contribution < 1.29 is 38.2 Å². The van der Waals surface area contributed by atoms with Crippen molar-refractivity contribution in [2.24, 2.45) is 0 Å². The van der Waals surface area contributed by atoms with Crippen LogP contribution in [0.15, 0.2) is 65.6 Å². The molecule has 0 aliphatic rings. The summed E-state index contributed by atoms with van der Waals surface area (Å²) < 4.78 is 86.7. The Kier molecular flexibility index (Phi) is 7.30. The first-order valence-electron chi connectivity index (χ1n) is 6.92. The van der Waals surface area contributed by atoms with Gasteiger partial charge in [0.1, 0.15) is 11.9 Å². The maximum atomic E-state index is 14.4. The highest BCUT2D eigenvalue weighted by Gasteiger charge is 2.36. The third kappa shape index (κ3) is 6.39. The van der Waals surface area contributed by atoms with Crippen molar-refractivity contribution in [2.75, 3.05) is 7.05 Å².